The van der Waals surface area contributed by atoms with E-state index in [9.17, 15) is 15.0 Å². The summed E-state index contributed by atoms with van der Waals surface area (Å²) in [5, 5.41) is 27.5. The summed E-state index contributed by atoms with van der Waals surface area (Å²) in [4.78, 5) is 19.1. The van der Waals surface area contributed by atoms with Gasteiger partial charge in [-0.1, -0.05) is 6.07 Å². The van der Waals surface area contributed by atoms with Crippen LogP contribution < -0.4 is 10.3 Å². The maximum atomic E-state index is 13.3. The number of nitrogens with zero attached hydrogens (tertiary/aromatic N) is 3. The summed E-state index contributed by atoms with van der Waals surface area (Å²) < 4.78 is 7.94. The highest BCUT2D eigenvalue weighted by atomic mass is 16.5. The third-order valence-electron chi connectivity index (χ3n) is 9.02. The fraction of sp³-hybridized carbons (Fsp3) is 0.538. The fourth-order valence-electron chi connectivity index (χ4n) is 7.10. The molecule has 2 aliphatic heterocycles. The van der Waals surface area contributed by atoms with Gasteiger partial charge in [-0.2, -0.15) is 9.61 Å². The first-order chi connectivity index (χ1) is 16.2. The molecule has 4 atom stereocenters. The Hall–Kier alpha value is -2.84. The van der Waals surface area contributed by atoms with Crippen LogP contribution in [0.15, 0.2) is 23.0 Å². The van der Waals surface area contributed by atoms with Crippen LogP contribution in [0.4, 0.5) is 0 Å². The zero-order valence-electron chi connectivity index (χ0n) is 19.8. The zero-order chi connectivity index (χ0) is 23.6. The molecule has 3 aromatic rings. The predicted octanol–water partition coefficient (Wildman–Crippen LogP) is 2.51. The average Bonchev–Trinajstić information content (AvgIpc) is 3.41. The van der Waals surface area contributed by atoms with Gasteiger partial charge in [-0.05, 0) is 70.5 Å². The van der Waals surface area contributed by atoms with Gasteiger partial charge in [-0.25, -0.2) is 0 Å². The van der Waals surface area contributed by atoms with E-state index in [1.165, 1.54) is 17.4 Å². The molecule has 7 rings (SSSR count). The van der Waals surface area contributed by atoms with Crippen LogP contribution in [0.3, 0.4) is 0 Å². The molecule has 178 valence electrons. The summed E-state index contributed by atoms with van der Waals surface area (Å²) in [6, 6.07) is 5.47. The van der Waals surface area contributed by atoms with Gasteiger partial charge < -0.3 is 19.9 Å². The van der Waals surface area contributed by atoms with Crippen LogP contribution in [0.5, 0.6) is 11.5 Å². The number of aliphatic hydroxyl groups is 1. The second-order valence-electron chi connectivity index (χ2n) is 11.0. The number of H-pyrrole nitrogens is 1. The van der Waals surface area contributed by atoms with Gasteiger partial charge in [-0.3, -0.25) is 9.69 Å². The lowest BCUT2D eigenvalue weighted by atomic mass is 9.53. The fourth-order valence-corrected chi connectivity index (χ4v) is 7.10. The largest absolute Gasteiger partial charge is 0.504 e. The third kappa shape index (κ3) is 2.40. The predicted molar refractivity (Wildman–Crippen MR) is 125 cm³/mol. The van der Waals surface area contributed by atoms with Crippen LogP contribution in [0.25, 0.3) is 5.65 Å². The topological polar surface area (TPSA) is 103 Å². The number of benzene rings is 1. The molecule has 0 unspecified atom stereocenters. The molecule has 1 spiro atoms. The third-order valence-corrected chi connectivity index (χ3v) is 9.02. The average molecular weight is 463 g/mol. The number of aromatic hydroxyl groups is 1. The Morgan fingerprint density at radius 1 is 1.29 bits per heavy atom. The van der Waals surface area contributed by atoms with Crippen LogP contribution in [0, 0.1) is 19.8 Å². The summed E-state index contributed by atoms with van der Waals surface area (Å²) >= 11 is 0. The van der Waals surface area contributed by atoms with Crippen molar-refractivity contribution >= 4 is 5.65 Å². The summed E-state index contributed by atoms with van der Waals surface area (Å²) in [5.74, 6) is 1.25. The molecular formula is C26H30N4O4. The molecule has 8 nitrogen and oxygen atoms in total. The van der Waals surface area contributed by atoms with Gasteiger partial charge in [0.05, 0.1) is 22.4 Å². The van der Waals surface area contributed by atoms with Crippen LogP contribution in [0.2, 0.25) is 0 Å². The number of hydrogen-bond donors (Lipinski definition) is 3. The van der Waals surface area contributed by atoms with Crippen molar-refractivity contribution in [2.24, 2.45) is 5.92 Å². The first-order valence-electron chi connectivity index (χ1n) is 12.3. The molecule has 2 aliphatic carbocycles. The molecule has 1 aromatic carbocycles. The van der Waals surface area contributed by atoms with E-state index in [2.05, 4.69) is 15.0 Å². The number of ether oxygens (including phenoxy) is 1. The van der Waals surface area contributed by atoms with Crippen molar-refractivity contribution in [1.29, 1.82) is 0 Å². The summed E-state index contributed by atoms with van der Waals surface area (Å²) in [7, 11) is 0. The van der Waals surface area contributed by atoms with E-state index in [1.54, 1.807) is 13.0 Å². The van der Waals surface area contributed by atoms with Gasteiger partial charge in [0.15, 0.2) is 17.6 Å². The lowest BCUT2D eigenvalue weighted by molar-refractivity contribution is -0.156. The number of aryl methyl sites for hydroxylation is 1. The molecule has 2 fully saturated rings. The highest BCUT2D eigenvalue weighted by Gasteiger charge is 2.69. The molecule has 8 heteroatoms. The Labute approximate surface area is 197 Å². The van der Waals surface area contributed by atoms with Gasteiger partial charge in [0.2, 0.25) is 0 Å². The van der Waals surface area contributed by atoms with E-state index in [4.69, 9.17) is 4.74 Å². The summed E-state index contributed by atoms with van der Waals surface area (Å²) in [6.07, 6.45) is 3.31. The van der Waals surface area contributed by atoms with Crippen molar-refractivity contribution in [2.75, 3.05) is 13.1 Å². The highest BCUT2D eigenvalue weighted by Crippen LogP contribution is 2.65. The van der Waals surface area contributed by atoms with E-state index in [1.807, 2.05) is 26.0 Å². The molecule has 3 N–H and O–H groups in total. The lowest BCUT2D eigenvalue weighted by Crippen LogP contribution is -2.71. The number of fused-ring (bicyclic) bond motifs is 2. The Balaban J connectivity index is 1.47. The van der Waals surface area contributed by atoms with Crippen LogP contribution in [0.1, 0.15) is 60.4 Å². The van der Waals surface area contributed by atoms with Gasteiger partial charge in [0.25, 0.3) is 5.56 Å². The van der Waals surface area contributed by atoms with E-state index in [0.29, 0.717) is 29.1 Å². The summed E-state index contributed by atoms with van der Waals surface area (Å²) in [6.45, 7) is 7.44. The molecule has 1 saturated heterocycles. The van der Waals surface area contributed by atoms with Crippen LogP contribution >= 0.6 is 0 Å². The lowest BCUT2D eigenvalue weighted by Gasteiger charge is -2.60. The number of piperidine rings is 1. The van der Waals surface area contributed by atoms with Crippen molar-refractivity contribution in [1.82, 2.24) is 19.5 Å². The molecule has 34 heavy (non-hydrogen) atoms. The molecule has 2 aromatic heterocycles. The summed E-state index contributed by atoms with van der Waals surface area (Å²) in [5.41, 5.74) is 2.46. The number of rotatable bonds is 3. The monoisotopic (exact) mass is 462 g/mol. The Morgan fingerprint density at radius 2 is 2.09 bits per heavy atom. The molecule has 4 heterocycles. The van der Waals surface area contributed by atoms with Gasteiger partial charge in [-0.15, -0.1) is 0 Å². The van der Waals surface area contributed by atoms with Gasteiger partial charge in [0.1, 0.15) is 5.65 Å². The van der Waals surface area contributed by atoms with E-state index in [-0.39, 0.29) is 17.4 Å². The van der Waals surface area contributed by atoms with E-state index in [0.717, 1.165) is 42.2 Å². The molecule has 0 radical (unpaired) electrons. The quantitative estimate of drug-likeness (QED) is 0.553. The Bertz CT molecular complexity index is 1420. The number of nitrogens with one attached hydrogen (secondary N) is 1. The van der Waals surface area contributed by atoms with Crippen molar-refractivity contribution in [2.45, 2.75) is 69.6 Å². The van der Waals surface area contributed by atoms with Crippen molar-refractivity contribution in [3.05, 3.63) is 56.6 Å². The zero-order valence-corrected chi connectivity index (χ0v) is 19.8. The highest BCUT2D eigenvalue weighted by molar-refractivity contribution is 5.62. The maximum Gasteiger partial charge on any atom is 0.277 e. The number of likely N-dealkylation sites (tertiary alicyclic amines) is 1. The van der Waals surface area contributed by atoms with Gasteiger partial charge in [0, 0.05) is 29.8 Å². The van der Waals surface area contributed by atoms with Crippen molar-refractivity contribution in [3.63, 3.8) is 0 Å². The smallest absolute Gasteiger partial charge is 0.277 e. The van der Waals surface area contributed by atoms with E-state index < -0.39 is 17.1 Å². The van der Waals surface area contributed by atoms with Crippen molar-refractivity contribution < 1.29 is 14.9 Å². The Morgan fingerprint density at radius 3 is 2.85 bits per heavy atom. The van der Waals surface area contributed by atoms with Crippen molar-refractivity contribution in [3.8, 4) is 11.5 Å². The minimum absolute atomic E-state index is 0.0519. The molecule has 2 bridgehead atoms. The second-order valence-corrected chi connectivity index (χ2v) is 11.0. The first kappa shape index (κ1) is 20.5. The number of phenolic OH excluding ortho intramolecular Hbond substituents is 1. The SMILES string of the molecule is Cc1cc2[nH]c([C@@H]3Oc4c(O)ccc5c4[C@@]34CCN(CC3CC3)[C@H](C5)[C@@]4(C)O)c(C)c(=O)n2n1. The molecule has 1 saturated carbocycles. The number of phenols is 1. The molecule has 0 amide bonds. The van der Waals surface area contributed by atoms with E-state index >= 15 is 0 Å². The maximum absolute atomic E-state index is 13.3. The normalized spacial score (nSPS) is 32.1. The number of aromatic nitrogens is 3. The number of hydrogen-bond acceptors (Lipinski definition) is 6. The first-order valence-corrected chi connectivity index (χ1v) is 12.3. The Kier molecular flexibility index (Phi) is 3.88. The molecule has 4 aliphatic rings. The van der Waals surface area contributed by atoms with Gasteiger partial charge >= 0.3 is 0 Å². The van der Waals surface area contributed by atoms with Crippen LogP contribution in [-0.2, 0) is 11.8 Å². The molecular weight excluding hydrogens is 432 g/mol. The minimum atomic E-state index is -1.11. The van der Waals surface area contributed by atoms with Crippen LogP contribution in [-0.4, -0.2) is 54.4 Å². The standard InChI is InChI=1S/C26H30N4O4/c1-13-10-19-27-21(14(2)24(32)30(19)28-13)23-26-8-9-29(12-15-4-5-15)18(25(26,3)33)11-16-6-7-17(31)22(34-23)20(16)26/h6-7,10,15,18,23,27,31,33H,4-5,8-9,11-12H2,1-3H3/t18-,23+,25-,26+/m1/s1. The second kappa shape index (κ2) is 6.43. The number of aromatic amines is 1. The minimum Gasteiger partial charge on any atom is -0.504 e.